The molecule has 4 aliphatic rings. The van der Waals surface area contributed by atoms with Crippen molar-refractivity contribution in [2.75, 3.05) is 39.8 Å². The van der Waals surface area contributed by atoms with Crippen LogP contribution in [0.4, 0.5) is 18.0 Å². The lowest BCUT2D eigenvalue weighted by atomic mass is 9.83. The van der Waals surface area contributed by atoms with Gasteiger partial charge < -0.3 is 15.1 Å². The first-order valence-corrected chi connectivity index (χ1v) is 11.4. The van der Waals surface area contributed by atoms with E-state index in [0.29, 0.717) is 44.6 Å². The third-order valence-electron chi connectivity index (χ3n) is 7.89. The number of likely N-dealkylation sites (N-methyl/N-ethyl adjacent to an activating group) is 1. The Morgan fingerprint density at radius 3 is 2.41 bits per heavy atom. The summed E-state index contributed by atoms with van der Waals surface area (Å²) in [7, 11) is 2.16. The van der Waals surface area contributed by atoms with E-state index >= 15 is 0 Å². The fourth-order valence-corrected chi connectivity index (χ4v) is 6.22. The molecule has 2 saturated heterocycles. The number of nitrogens with zero attached hydrogens (tertiary/aromatic N) is 3. The standard InChI is InChI=1S/C21H35F3N4O/c1-26-14-18(17-7-2-3-8-19(17)26)25-20(29)28-11-9-27(10-12-28)16-6-4-5-15(13-16)21(22,23)24/h15-19H,2-14H2,1H3,(H,25,29). The second-order valence-corrected chi connectivity index (χ2v) is 9.59. The third-order valence-corrected chi connectivity index (χ3v) is 7.89. The predicted octanol–water partition coefficient (Wildman–Crippen LogP) is 3.31. The Labute approximate surface area is 172 Å². The van der Waals surface area contributed by atoms with E-state index in [1.165, 1.54) is 25.7 Å². The van der Waals surface area contributed by atoms with Gasteiger partial charge in [-0.2, -0.15) is 13.2 Å². The number of rotatable bonds is 2. The summed E-state index contributed by atoms with van der Waals surface area (Å²) in [5, 5.41) is 3.28. The average molecular weight is 417 g/mol. The molecule has 2 amide bonds. The maximum absolute atomic E-state index is 13.1. The van der Waals surface area contributed by atoms with E-state index in [2.05, 4.69) is 22.2 Å². The van der Waals surface area contributed by atoms with Gasteiger partial charge in [0.05, 0.1) is 5.92 Å². The van der Waals surface area contributed by atoms with Gasteiger partial charge in [0, 0.05) is 50.8 Å². The SMILES string of the molecule is CN1CC(NC(=O)N2CCN(C3CCCC(C(F)(F)F)C3)CC2)C2CCCCC21. The molecule has 0 radical (unpaired) electrons. The zero-order chi connectivity index (χ0) is 20.6. The average Bonchev–Trinajstić information content (AvgIpc) is 3.03. The van der Waals surface area contributed by atoms with Gasteiger partial charge in [-0.1, -0.05) is 19.3 Å². The quantitative estimate of drug-likeness (QED) is 0.751. The van der Waals surface area contributed by atoms with Crippen LogP contribution in [0.15, 0.2) is 0 Å². The summed E-state index contributed by atoms with van der Waals surface area (Å²) in [4.78, 5) is 19.3. The monoisotopic (exact) mass is 416 g/mol. The van der Waals surface area contributed by atoms with Crippen LogP contribution in [0.25, 0.3) is 0 Å². The third kappa shape index (κ3) is 4.68. The molecule has 2 aliphatic carbocycles. The largest absolute Gasteiger partial charge is 0.391 e. The molecule has 2 aliphatic heterocycles. The number of carbonyl (C=O) groups is 1. The van der Waals surface area contributed by atoms with E-state index < -0.39 is 12.1 Å². The number of fused-ring (bicyclic) bond motifs is 1. The minimum atomic E-state index is -4.08. The van der Waals surface area contributed by atoms with Crippen LogP contribution in [-0.2, 0) is 0 Å². The van der Waals surface area contributed by atoms with Gasteiger partial charge in [-0.05, 0) is 45.1 Å². The van der Waals surface area contributed by atoms with Crippen molar-refractivity contribution in [1.29, 1.82) is 0 Å². The van der Waals surface area contributed by atoms with Crippen molar-refractivity contribution in [1.82, 2.24) is 20.0 Å². The number of amides is 2. The normalized spacial score (nSPS) is 37.4. The molecule has 4 rings (SSSR count). The summed E-state index contributed by atoms with van der Waals surface area (Å²) in [6.07, 6.45) is 2.84. The summed E-state index contributed by atoms with van der Waals surface area (Å²) in [5.41, 5.74) is 0. The molecule has 0 aromatic rings. The molecule has 0 aromatic carbocycles. The van der Waals surface area contributed by atoms with Gasteiger partial charge in [0.25, 0.3) is 0 Å². The molecular formula is C21H35F3N4O. The van der Waals surface area contributed by atoms with Gasteiger partial charge in [0.2, 0.25) is 0 Å². The minimum Gasteiger partial charge on any atom is -0.334 e. The molecule has 2 saturated carbocycles. The highest BCUT2D eigenvalue weighted by Crippen LogP contribution is 2.39. The van der Waals surface area contributed by atoms with Crippen LogP contribution < -0.4 is 5.32 Å². The maximum Gasteiger partial charge on any atom is 0.391 e. The van der Waals surface area contributed by atoms with Crippen LogP contribution in [0.2, 0.25) is 0 Å². The molecule has 0 bridgehead atoms. The number of hydrogen-bond donors (Lipinski definition) is 1. The molecule has 1 N–H and O–H groups in total. The molecular weight excluding hydrogens is 381 g/mol. The second-order valence-electron chi connectivity index (χ2n) is 9.59. The van der Waals surface area contributed by atoms with E-state index in [1.807, 2.05) is 4.90 Å². The summed E-state index contributed by atoms with van der Waals surface area (Å²) >= 11 is 0. The lowest BCUT2D eigenvalue weighted by Crippen LogP contribution is -2.57. The Kier molecular flexibility index (Phi) is 6.30. The first-order chi connectivity index (χ1) is 13.8. The molecule has 5 unspecified atom stereocenters. The summed E-state index contributed by atoms with van der Waals surface area (Å²) in [5.74, 6) is -0.606. The van der Waals surface area contributed by atoms with Crippen molar-refractivity contribution >= 4 is 6.03 Å². The van der Waals surface area contributed by atoms with Gasteiger partial charge in [0.1, 0.15) is 0 Å². The molecule has 8 heteroatoms. The highest BCUT2D eigenvalue weighted by molar-refractivity contribution is 5.74. The Balaban J connectivity index is 1.26. The van der Waals surface area contributed by atoms with Crippen LogP contribution in [-0.4, -0.2) is 84.8 Å². The van der Waals surface area contributed by atoms with E-state index in [9.17, 15) is 18.0 Å². The fraction of sp³-hybridized carbons (Fsp3) is 0.952. The van der Waals surface area contributed by atoms with Crippen molar-refractivity contribution in [2.24, 2.45) is 11.8 Å². The van der Waals surface area contributed by atoms with Crippen molar-refractivity contribution < 1.29 is 18.0 Å². The summed E-state index contributed by atoms with van der Waals surface area (Å²) < 4.78 is 39.3. The molecule has 29 heavy (non-hydrogen) atoms. The smallest absolute Gasteiger partial charge is 0.334 e. The van der Waals surface area contributed by atoms with E-state index in [4.69, 9.17) is 0 Å². The number of urea groups is 1. The minimum absolute atomic E-state index is 0.00563. The number of nitrogens with one attached hydrogen (secondary N) is 1. The van der Waals surface area contributed by atoms with Crippen molar-refractivity contribution in [3.63, 3.8) is 0 Å². The zero-order valence-corrected chi connectivity index (χ0v) is 17.5. The Morgan fingerprint density at radius 1 is 0.966 bits per heavy atom. The Morgan fingerprint density at radius 2 is 1.69 bits per heavy atom. The van der Waals surface area contributed by atoms with Crippen LogP contribution in [0.1, 0.15) is 51.4 Å². The van der Waals surface area contributed by atoms with Gasteiger partial charge in [-0.25, -0.2) is 4.79 Å². The lowest BCUT2D eigenvalue weighted by molar-refractivity contribution is -0.187. The van der Waals surface area contributed by atoms with Gasteiger partial charge >= 0.3 is 12.2 Å². The maximum atomic E-state index is 13.1. The number of likely N-dealkylation sites (tertiary alicyclic amines) is 1. The lowest BCUT2D eigenvalue weighted by Gasteiger charge is -2.42. The van der Waals surface area contributed by atoms with Crippen molar-refractivity contribution in [2.45, 2.75) is 75.7 Å². The summed E-state index contributed by atoms with van der Waals surface area (Å²) in [6.45, 7) is 3.49. The van der Waals surface area contributed by atoms with Gasteiger partial charge in [-0.15, -0.1) is 0 Å². The van der Waals surface area contributed by atoms with E-state index in [1.54, 1.807) is 0 Å². The van der Waals surface area contributed by atoms with Crippen LogP contribution in [0, 0.1) is 11.8 Å². The Hall–Kier alpha value is -1.02. The highest BCUT2D eigenvalue weighted by Gasteiger charge is 2.44. The van der Waals surface area contributed by atoms with E-state index in [-0.39, 0.29) is 31.0 Å². The topological polar surface area (TPSA) is 38.8 Å². The molecule has 2 heterocycles. The van der Waals surface area contributed by atoms with Crippen molar-refractivity contribution in [3.05, 3.63) is 0 Å². The van der Waals surface area contributed by atoms with Crippen LogP contribution in [0.5, 0.6) is 0 Å². The molecule has 0 spiro atoms. The number of hydrogen-bond acceptors (Lipinski definition) is 3. The molecule has 4 fully saturated rings. The molecule has 5 nitrogen and oxygen atoms in total. The molecule has 5 atom stereocenters. The van der Waals surface area contributed by atoms with Gasteiger partial charge in [0.15, 0.2) is 0 Å². The van der Waals surface area contributed by atoms with Crippen LogP contribution >= 0.6 is 0 Å². The first kappa shape index (κ1) is 21.2. The fourth-order valence-electron chi connectivity index (χ4n) is 6.22. The predicted molar refractivity (Wildman–Crippen MR) is 106 cm³/mol. The van der Waals surface area contributed by atoms with Crippen molar-refractivity contribution in [3.8, 4) is 0 Å². The molecule has 0 aromatic heterocycles. The number of halogens is 3. The number of piperazine rings is 1. The van der Waals surface area contributed by atoms with Crippen LogP contribution in [0.3, 0.4) is 0 Å². The second kappa shape index (κ2) is 8.61. The van der Waals surface area contributed by atoms with Gasteiger partial charge in [-0.3, -0.25) is 4.90 Å². The highest BCUT2D eigenvalue weighted by atomic mass is 19.4. The Bertz CT molecular complexity index is 579. The number of carbonyl (C=O) groups excluding carboxylic acids is 1. The molecule has 166 valence electrons. The number of alkyl halides is 3. The summed E-state index contributed by atoms with van der Waals surface area (Å²) in [6, 6.07) is 0.832. The first-order valence-electron chi connectivity index (χ1n) is 11.4. The van der Waals surface area contributed by atoms with E-state index in [0.717, 1.165) is 13.0 Å². The zero-order valence-electron chi connectivity index (χ0n) is 17.5.